The maximum absolute atomic E-state index is 13.0. The van der Waals surface area contributed by atoms with Crippen molar-refractivity contribution < 1.29 is 14.4 Å². The predicted molar refractivity (Wildman–Crippen MR) is 112 cm³/mol. The van der Waals surface area contributed by atoms with Gasteiger partial charge in [-0.2, -0.15) is 5.11 Å². The maximum Gasteiger partial charge on any atom is 0.263 e. The molecule has 0 aliphatic carbocycles. The lowest BCUT2D eigenvalue weighted by molar-refractivity contribution is -0.123. The summed E-state index contributed by atoms with van der Waals surface area (Å²) in [5.74, 6) is -1.17. The van der Waals surface area contributed by atoms with Crippen molar-refractivity contribution in [2.75, 3.05) is 16.8 Å². The van der Waals surface area contributed by atoms with Gasteiger partial charge in [-0.15, -0.1) is 0 Å². The number of nitrogens with one attached hydrogen (secondary N) is 1. The lowest BCUT2D eigenvalue weighted by Gasteiger charge is -2.20. The molecule has 2 atom stereocenters. The summed E-state index contributed by atoms with van der Waals surface area (Å²) >= 11 is 0. The second-order valence-corrected chi connectivity index (χ2v) is 7.32. The first kappa shape index (κ1) is 19.8. The van der Waals surface area contributed by atoms with Gasteiger partial charge in [0.05, 0.1) is 5.69 Å². The molecule has 8 nitrogen and oxygen atoms in total. The molecule has 2 aliphatic rings. The van der Waals surface area contributed by atoms with Crippen LogP contribution >= 0.6 is 0 Å². The van der Waals surface area contributed by atoms with Gasteiger partial charge in [0.15, 0.2) is 12.1 Å². The van der Waals surface area contributed by atoms with E-state index >= 15 is 0 Å². The Hall–Kier alpha value is -3.55. The van der Waals surface area contributed by atoms with Crippen LogP contribution in [-0.4, -0.2) is 41.4 Å². The van der Waals surface area contributed by atoms with Gasteiger partial charge >= 0.3 is 0 Å². The summed E-state index contributed by atoms with van der Waals surface area (Å²) in [6.45, 7) is 3.93. The fourth-order valence-electron chi connectivity index (χ4n) is 3.66. The number of anilines is 2. The summed E-state index contributed by atoms with van der Waals surface area (Å²) in [5.41, 5.74) is 3.46. The van der Waals surface area contributed by atoms with Crippen molar-refractivity contribution in [1.29, 1.82) is 0 Å². The van der Waals surface area contributed by atoms with Crippen molar-refractivity contribution in [3.05, 3.63) is 59.7 Å². The highest BCUT2D eigenvalue weighted by Gasteiger charge is 2.55. The first-order chi connectivity index (χ1) is 14.5. The molecule has 0 radical (unpaired) electrons. The van der Waals surface area contributed by atoms with Crippen molar-refractivity contribution in [2.24, 2.45) is 10.3 Å². The molecular formula is C22H23N5O3. The van der Waals surface area contributed by atoms with Gasteiger partial charge in [-0.3, -0.25) is 19.4 Å². The minimum absolute atomic E-state index is 0.165. The van der Waals surface area contributed by atoms with Gasteiger partial charge < -0.3 is 5.32 Å². The Morgan fingerprint density at radius 3 is 2.13 bits per heavy atom. The predicted octanol–water partition coefficient (Wildman–Crippen LogP) is 2.74. The van der Waals surface area contributed by atoms with Crippen molar-refractivity contribution in [3.8, 4) is 0 Å². The normalized spacial score (nSPS) is 20.1. The van der Waals surface area contributed by atoms with Gasteiger partial charge in [-0.05, 0) is 48.2 Å². The summed E-state index contributed by atoms with van der Waals surface area (Å²) in [6.07, 6.45) is 1.78. The molecule has 0 saturated carbocycles. The van der Waals surface area contributed by atoms with Crippen molar-refractivity contribution >= 4 is 29.1 Å². The number of carbonyl (C=O) groups excluding carboxylic acids is 3. The minimum Gasteiger partial charge on any atom is -0.324 e. The zero-order valence-corrected chi connectivity index (χ0v) is 16.9. The van der Waals surface area contributed by atoms with Crippen LogP contribution in [0, 0.1) is 0 Å². The molecule has 2 heterocycles. The zero-order valence-electron chi connectivity index (χ0n) is 16.9. The van der Waals surface area contributed by atoms with Crippen molar-refractivity contribution in [1.82, 2.24) is 5.01 Å². The summed E-state index contributed by atoms with van der Waals surface area (Å²) in [5, 5.41) is 12.0. The number of fused-ring (bicyclic) bond motifs is 1. The first-order valence-electron chi connectivity index (χ1n) is 10.0. The molecule has 1 N–H and O–H groups in total. The Bertz CT molecular complexity index is 1000. The van der Waals surface area contributed by atoms with Gasteiger partial charge in [-0.1, -0.05) is 43.3 Å². The number of hydrogen-bond acceptors (Lipinski definition) is 6. The smallest absolute Gasteiger partial charge is 0.263 e. The monoisotopic (exact) mass is 405 g/mol. The average Bonchev–Trinajstić information content (AvgIpc) is 3.28. The fourth-order valence-corrected chi connectivity index (χ4v) is 3.66. The third-order valence-electron chi connectivity index (χ3n) is 5.41. The van der Waals surface area contributed by atoms with Crippen LogP contribution in [0.3, 0.4) is 0 Å². The lowest BCUT2D eigenvalue weighted by Crippen LogP contribution is -2.43. The van der Waals surface area contributed by atoms with Crippen LogP contribution < -0.4 is 10.2 Å². The average molecular weight is 405 g/mol. The summed E-state index contributed by atoms with van der Waals surface area (Å²) in [6, 6.07) is 13.0. The molecule has 1 fully saturated rings. The molecule has 0 spiro atoms. The molecule has 0 unspecified atom stereocenters. The number of hydrogen-bond donors (Lipinski definition) is 1. The highest BCUT2D eigenvalue weighted by atomic mass is 16.2. The number of carbonyl (C=O) groups is 3. The number of nitrogens with zero attached hydrogens (tertiary/aromatic N) is 4. The maximum atomic E-state index is 13.0. The quantitative estimate of drug-likeness (QED) is 0.748. The van der Waals surface area contributed by atoms with E-state index in [0.29, 0.717) is 11.4 Å². The SMILES string of the molecule is CCc1ccc(NC(=O)CN2N=N[C@H]3C(=O)N(c4ccc(CC)cc4)C(=O)[C@H]32)cc1. The molecule has 154 valence electrons. The van der Waals surface area contributed by atoms with Gasteiger partial charge in [0.1, 0.15) is 6.54 Å². The van der Waals surface area contributed by atoms with Crippen LogP contribution in [0.2, 0.25) is 0 Å². The Morgan fingerprint density at radius 1 is 0.933 bits per heavy atom. The van der Waals surface area contributed by atoms with E-state index in [2.05, 4.69) is 22.6 Å². The number of aryl methyl sites for hydroxylation is 2. The minimum atomic E-state index is -0.917. The van der Waals surface area contributed by atoms with E-state index in [0.717, 1.165) is 23.3 Å². The van der Waals surface area contributed by atoms with E-state index in [-0.39, 0.29) is 12.5 Å². The van der Waals surface area contributed by atoms with E-state index in [1.165, 1.54) is 10.6 Å². The summed E-state index contributed by atoms with van der Waals surface area (Å²) < 4.78 is 0. The Balaban J connectivity index is 1.45. The Labute approximate surface area is 174 Å². The fraction of sp³-hybridized carbons (Fsp3) is 0.318. The molecule has 2 aliphatic heterocycles. The molecular weight excluding hydrogens is 382 g/mol. The molecule has 3 amide bonds. The van der Waals surface area contributed by atoms with Crippen molar-refractivity contribution in [3.63, 3.8) is 0 Å². The number of imide groups is 1. The van der Waals surface area contributed by atoms with Gasteiger partial charge in [0.25, 0.3) is 11.8 Å². The highest BCUT2D eigenvalue weighted by molar-refractivity contribution is 6.25. The van der Waals surface area contributed by atoms with Crippen LogP contribution in [0.25, 0.3) is 0 Å². The topological polar surface area (TPSA) is 94.4 Å². The van der Waals surface area contributed by atoms with Crippen molar-refractivity contribution in [2.45, 2.75) is 38.8 Å². The molecule has 0 aromatic heterocycles. The van der Waals surface area contributed by atoms with E-state index in [9.17, 15) is 14.4 Å². The van der Waals surface area contributed by atoms with Crippen LogP contribution in [0.5, 0.6) is 0 Å². The summed E-state index contributed by atoms with van der Waals surface area (Å²) in [7, 11) is 0. The number of rotatable bonds is 6. The van der Waals surface area contributed by atoms with Gasteiger partial charge in [-0.25, -0.2) is 4.90 Å². The molecule has 4 rings (SSSR count). The summed E-state index contributed by atoms with van der Waals surface area (Å²) in [4.78, 5) is 39.3. The molecule has 8 heteroatoms. The van der Waals surface area contributed by atoms with Gasteiger partial charge in [0, 0.05) is 5.69 Å². The second kappa shape index (κ2) is 8.06. The van der Waals surface area contributed by atoms with E-state index in [4.69, 9.17) is 0 Å². The molecule has 30 heavy (non-hydrogen) atoms. The van der Waals surface area contributed by atoms with Gasteiger partial charge in [0.2, 0.25) is 5.91 Å². The number of benzene rings is 2. The Morgan fingerprint density at radius 2 is 1.53 bits per heavy atom. The van der Waals surface area contributed by atoms with E-state index in [1.807, 2.05) is 43.3 Å². The second-order valence-electron chi connectivity index (χ2n) is 7.32. The largest absolute Gasteiger partial charge is 0.324 e. The standard InChI is InChI=1S/C22H23N5O3/c1-3-14-5-9-16(10-6-14)23-18(28)13-26-20-19(24-25-26)21(29)27(22(20)30)17-11-7-15(4-2)8-12-17/h5-12,19-20H,3-4,13H2,1-2H3,(H,23,28)/t19-,20+/m1/s1. The molecule has 2 aromatic rings. The number of amides is 3. The third kappa shape index (κ3) is 3.56. The molecule has 0 bridgehead atoms. The van der Waals surface area contributed by atoms with E-state index < -0.39 is 23.9 Å². The zero-order chi connectivity index (χ0) is 21.3. The molecule has 1 saturated heterocycles. The Kier molecular flexibility index (Phi) is 5.31. The lowest BCUT2D eigenvalue weighted by atomic mass is 10.1. The van der Waals surface area contributed by atoms with E-state index in [1.54, 1.807) is 12.1 Å². The van der Waals surface area contributed by atoms with Crippen LogP contribution in [-0.2, 0) is 27.2 Å². The molecule has 2 aromatic carbocycles. The van der Waals surface area contributed by atoms with Crippen LogP contribution in [0.4, 0.5) is 11.4 Å². The highest BCUT2D eigenvalue weighted by Crippen LogP contribution is 2.31. The third-order valence-corrected chi connectivity index (χ3v) is 5.41. The van der Waals surface area contributed by atoms with Crippen LogP contribution in [0.15, 0.2) is 58.9 Å². The van der Waals surface area contributed by atoms with Crippen LogP contribution in [0.1, 0.15) is 25.0 Å². The first-order valence-corrected chi connectivity index (χ1v) is 10.0.